The summed E-state index contributed by atoms with van der Waals surface area (Å²) in [5, 5.41) is 3.28. The van der Waals surface area contributed by atoms with E-state index in [2.05, 4.69) is 5.32 Å². The average Bonchev–Trinajstić information content (AvgIpc) is 2.67. The molecule has 0 radical (unpaired) electrons. The molecule has 1 amide bonds. The van der Waals surface area contributed by atoms with Gasteiger partial charge in [0.15, 0.2) is 11.6 Å². The van der Waals surface area contributed by atoms with E-state index in [0.29, 0.717) is 23.4 Å². The van der Waals surface area contributed by atoms with Gasteiger partial charge in [0.05, 0.1) is 5.56 Å². The van der Waals surface area contributed by atoms with E-state index in [-0.39, 0.29) is 5.91 Å². The lowest BCUT2D eigenvalue weighted by Gasteiger charge is -2.38. The van der Waals surface area contributed by atoms with Gasteiger partial charge in [0.25, 0.3) is 5.91 Å². The second-order valence-corrected chi connectivity index (χ2v) is 6.18. The molecule has 0 bridgehead atoms. The van der Waals surface area contributed by atoms with E-state index in [1.54, 1.807) is 23.1 Å². The van der Waals surface area contributed by atoms with E-state index in [1.807, 2.05) is 36.4 Å². The van der Waals surface area contributed by atoms with E-state index in [9.17, 15) is 13.6 Å². The summed E-state index contributed by atoms with van der Waals surface area (Å²) in [5.41, 5.74) is 2.68. The predicted molar refractivity (Wildman–Crippen MR) is 95.5 cm³/mol. The van der Waals surface area contributed by atoms with Gasteiger partial charge in [-0.2, -0.15) is 0 Å². The summed E-state index contributed by atoms with van der Waals surface area (Å²) in [6.45, 7) is 0.352. The molecule has 0 unspecified atom stereocenters. The van der Waals surface area contributed by atoms with Crippen LogP contribution in [0.2, 0.25) is 0 Å². The molecule has 1 aliphatic rings. The third-order valence-corrected chi connectivity index (χ3v) is 4.48. The number of hydrogen-bond acceptors (Lipinski definition) is 2. The van der Waals surface area contributed by atoms with Crippen LogP contribution in [0.25, 0.3) is 0 Å². The van der Waals surface area contributed by atoms with Crippen molar-refractivity contribution in [2.24, 2.45) is 0 Å². The first-order chi connectivity index (χ1) is 12.6. The first-order valence-corrected chi connectivity index (χ1v) is 8.29. The van der Waals surface area contributed by atoms with E-state index >= 15 is 0 Å². The lowest BCUT2D eigenvalue weighted by molar-refractivity contribution is 0.0666. The number of anilines is 1. The van der Waals surface area contributed by atoms with Crippen molar-refractivity contribution in [2.75, 3.05) is 5.32 Å². The number of carbonyl (C=O) groups is 1. The van der Waals surface area contributed by atoms with Crippen molar-refractivity contribution in [3.8, 4) is 0 Å². The van der Waals surface area contributed by atoms with Crippen LogP contribution in [0.5, 0.6) is 0 Å². The topological polar surface area (TPSA) is 32.3 Å². The zero-order valence-electron chi connectivity index (χ0n) is 13.8. The minimum Gasteiger partial charge on any atom is -0.361 e. The normalized spacial score (nSPS) is 16.2. The smallest absolute Gasteiger partial charge is 0.258 e. The molecule has 5 heteroatoms. The average molecular weight is 350 g/mol. The number of rotatable bonds is 3. The Balaban J connectivity index is 1.77. The van der Waals surface area contributed by atoms with Crippen molar-refractivity contribution in [2.45, 2.75) is 12.7 Å². The van der Waals surface area contributed by atoms with Gasteiger partial charge in [-0.25, -0.2) is 8.78 Å². The highest BCUT2D eigenvalue weighted by molar-refractivity contribution is 6.01. The molecule has 0 spiro atoms. The number of benzene rings is 3. The molecule has 0 saturated carbocycles. The van der Waals surface area contributed by atoms with Crippen molar-refractivity contribution in [3.63, 3.8) is 0 Å². The third kappa shape index (κ3) is 2.92. The summed E-state index contributed by atoms with van der Waals surface area (Å²) in [4.78, 5) is 14.7. The van der Waals surface area contributed by atoms with Crippen LogP contribution in [0, 0.1) is 11.6 Å². The predicted octanol–water partition coefficient (Wildman–Crippen LogP) is 4.73. The number of nitrogens with zero attached hydrogens (tertiary/aromatic N) is 1. The molecule has 1 aliphatic heterocycles. The van der Waals surface area contributed by atoms with Crippen LogP contribution in [0.4, 0.5) is 14.5 Å². The molecule has 0 saturated heterocycles. The Bertz CT molecular complexity index is 959. The molecule has 4 rings (SSSR count). The standard InChI is InChI=1S/C21H16F2N2O/c22-17-11-10-15(12-18(17)23)20-24-19-9-5-4-8-16(19)21(26)25(20)13-14-6-2-1-3-7-14/h1-12,20,24H,13H2/t20-/m0/s1. The Kier molecular flexibility index (Phi) is 4.13. The Morgan fingerprint density at radius 3 is 2.38 bits per heavy atom. The number of para-hydroxylation sites is 1. The lowest BCUT2D eigenvalue weighted by atomic mass is 10.0. The molecule has 0 fully saturated rings. The fraction of sp³-hybridized carbons (Fsp3) is 0.0952. The number of halogens is 2. The van der Waals surface area contributed by atoms with Gasteiger partial charge < -0.3 is 10.2 Å². The van der Waals surface area contributed by atoms with Gasteiger partial charge >= 0.3 is 0 Å². The van der Waals surface area contributed by atoms with E-state index in [4.69, 9.17) is 0 Å². The van der Waals surface area contributed by atoms with Crippen LogP contribution < -0.4 is 5.32 Å². The summed E-state index contributed by atoms with van der Waals surface area (Å²) >= 11 is 0. The minimum atomic E-state index is -0.935. The molecule has 1 atom stereocenters. The van der Waals surface area contributed by atoms with Gasteiger partial charge in [-0.1, -0.05) is 48.5 Å². The minimum absolute atomic E-state index is 0.155. The second kappa shape index (κ2) is 6.59. The maximum atomic E-state index is 13.8. The van der Waals surface area contributed by atoms with Crippen LogP contribution in [0.1, 0.15) is 27.7 Å². The van der Waals surface area contributed by atoms with Gasteiger partial charge in [-0.05, 0) is 35.4 Å². The summed E-state index contributed by atoms with van der Waals surface area (Å²) in [7, 11) is 0. The molecule has 26 heavy (non-hydrogen) atoms. The van der Waals surface area contributed by atoms with Gasteiger partial charge in [0.2, 0.25) is 0 Å². The molecule has 1 heterocycles. The van der Waals surface area contributed by atoms with E-state index in [1.165, 1.54) is 6.07 Å². The van der Waals surface area contributed by atoms with Gasteiger partial charge in [-0.15, -0.1) is 0 Å². The number of amides is 1. The molecule has 0 aromatic heterocycles. The number of nitrogens with one attached hydrogen (secondary N) is 1. The number of carbonyl (C=O) groups excluding carboxylic acids is 1. The van der Waals surface area contributed by atoms with Crippen molar-refractivity contribution >= 4 is 11.6 Å². The Morgan fingerprint density at radius 2 is 1.62 bits per heavy atom. The van der Waals surface area contributed by atoms with Gasteiger partial charge in [-0.3, -0.25) is 4.79 Å². The fourth-order valence-corrected chi connectivity index (χ4v) is 3.18. The highest BCUT2D eigenvalue weighted by atomic mass is 19.2. The first-order valence-electron chi connectivity index (χ1n) is 8.29. The van der Waals surface area contributed by atoms with Gasteiger partial charge in [0.1, 0.15) is 6.17 Å². The molecule has 1 N–H and O–H groups in total. The van der Waals surface area contributed by atoms with Crippen molar-refractivity contribution in [3.05, 3.63) is 101 Å². The molecule has 0 aliphatic carbocycles. The van der Waals surface area contributed by atoms with Gasteiger partial charge in [0, 0.05) is 12.2 Å². The second-order valence-electron chi connectivity index (χ2n) is 6.18. The van der Waals surface area contributed by atoms with E-state index < -0.39 is 17.8 Å². The van der Waals surface area contributed by atoms with E-state index in [0.717, 1.165) is 17.7 Å². The number of fused-ring (bicyclic) bond motifs is 1. The summed E-state index contributed by atoms with van der Waals surface area (Å²) in [6.07, 6.45) is -0.590. The zero-order chi connectivity index (χ0) is 18.1. The Morgan fingerprint density at radius 1 is 0.885 bits per heavy atom. The van der Waals surface area contributed by atoms with Crippen LogP contribution in [0.3, 0.4) is 0 Å². The maximum Gasteiger partial charge on any atom is 0.258 e. The van der Waals surface area contributed by atoms with Crippen LogP contribution in [0.15, 0.2) is 72.8 Å². The monoisotopic (exact) mass is 350 g/mol. The van der Waals surface area contributed by atoms with Crippen molar-refractivity contribution in [1.29, 1.82) is 0 Å². The van der Waals surface area contributed by atoms with Crippen molar-refractivity contribution < 1.29 is 13.6 Å². The Hall–Kier alpha value is -3.21. The quantitative estimate of drug-likeness (QED) is 0.740. The largest absolute Gasteiger partial charge is 0.361 e. The lowest BCUT2D eigenvalue weighted by Crippen LogP contribution is -2.42. The highest BCUT2D eigenvalue weighted by Crippen LogP contribution is 2.34. The molecule has 3 aromatic carbocycles. The molecule has 3 nitrogen and oxygen atoms in total. The summed E-state index contributed by atoms with van der Waals surface area (Å²) < 4.78 is 27.1. The molecule has 130 valence electrons. The number of hydrogen-bond donors (Lipinski definition) is 1. The molecular formula is C21H16F2N2O. The first kappa shape index (κ1) is 16.3. The summed E-state index contributed by atoms with van der Waals surface area (Å²) in [6, 6.07) is 20.5. The third-order valence-electron chi connectivity index (χ3n) is 4.48. The maximum absolute atomic E-state index is 13.8. The van der Waals surface area contributed by atoms with Crippen LogP contribution in [-0.4, -0.2) is 10.8 Å². The molecular weight excluding hydrogens is 334 g/mol. The molecule has 3 aromatic rings. The zero-order valence-corrected chi connectivity index (χ0v) is 13.8. The SMILES string of the molecule is O=C1c2ccccc2N[C@H](c2ccc(F)c(F)c2)N1Cc1ccccc1. The fourth-order valence-electron chi connectivity index (χ4n) is 3.18. The Labute approximate surface area is 149 Å². The van der Waals surface area contributed by atoms with Crippen LogP contribution in [-0.2, 0) is 6.54 Å². The van der Waals surface area contributed by atoms with Crippen LogP contribution >= 0.6 is 0 Å². The summed E-state index contributed by atoms with van der Waals surface area (Å²) in [5.74, 6) is -2.00. The highest BCUT2D eigenvalue weighted by Gasteiger charge is 2.33. The van der Waals surface area contributed by atoms with Crippen molar-refractivity contribution in [1.82, 2.24) is 4.90 Å².